The van der Waals surface area contributed by atoms with Crippen molar-refractivity contribution in [1.29, 1.82) is 0 Å². The second kappa shape index (κ2) is 7.59. The molecule has 1 unspecified atom stereocenters. The molecular weight excluding hydrogens is 296 g/mol. The first-order valence-corrected chi connectivity index (χ1v) is 8.03. The Morgan fingerprint density at radius 1 is 1.30 bits per heavy atom. The first-order valence-electron chi connectivity index (χ1n) is 8.03. The molecule has 7 heteroatoms. The van der Waals surface area contributed by atoms with Gasteiger partial charge in [0.2, 0.25) is 5.88 Å². The highest BCUT2D eigenvalue weighted by Gasteiger charge is 2.29. The molecule has 1 aliphatic heterocycles. The third-order valence-corrected chi connectivity index (χ3v) is 4.06. The van der Waals surface area contributed by atoms with Crippen LogP contribution < -0.4 is 10.1 Å². The third-order valence-electron chi connectivity index (χ3n) is 4.06. The molecule has 1 aromatic rings. The smallest absolute Gasteiger partial charge is 0.323 e. The van der Waals surface area contributed by atoms with Crippen LogP contribution >= 0.6 is 0 Å². The van der Waals surface area contributed by atoms with Gasteiger partial charge in [-0.3, -0.25) is 5.32 Å². The minimum Gasteiger partial charge on any atom is -0.474 e. The van der Waals surface area contributed by atoms with Crippen LogP contribution in [0.4, 0.5) is 10.6 Å². The number of nitrogens with zero attached hydrogens (tertiary/aromatic N) is 3. The molecule has 0 aliphatic carbocycles. The molecule has 2 amide bonds. The number of anilines is 1. The summed E-state index contributed by atoms with van der Waals surface area (Å²) in [4.78, 5) is 14.2. The summed E-state index contributed by atoms with van der Waals surface area (Å²) in [5, 5.41) is 10.7. The van der Waals surface area contributed by atoms with Gasteiger partial charge < -0.3 is 14.4 Å². The van der Waals surface area contributed by atoms with E-state index < -0.39 is 0 Å². The van der Waals surface area contributed by atoms with E-state index in [-0.39, 0.29) is 17.7 Å². The average molecular weight is 322 g/mol. The zero-order valence-corrected chi connectivity index (χ0v) is 14.3. The topological polar surface area (TPSA) is 76.6 Å². The van der Waals surface area contributed by atoms with E-state index in [0.717, 1.165) is 19.3 Å². The van der Waals surface area contributed by atoms with Crippen LogP contribution in [0.1, 0.15) is 40.0 Å². The quantitative estimate of drug-likeness (QED) is 0.922. The Bertz CT molecular complexity index is 521. The molecule has 1 aromatic heterocycles. The maximum atomic E-state index is 12.4. The van der Waals surface area contributed by atoms with E-state index in [2.05, 4.69) is 22.4 Å². The van der Waals surface area contributed by atoms with Crippen LogP contribution in [0.5, 0.6) is 5.88 Å². The molecule has 1 saturated heterocycles. The molecule has 1 aliphatic rings. The summed E-state index contributed by atoms with van der Waals surface area (Å²) < 4.78 is 11.0. The number of rotatable bonds is 4. The lowest BCUT2D eigenvalue weighted by atomic mass is 9.97. The van der Waals surface area contributed by atoms with Crippen LogP contribution in [0.3, 0.4) is 0 Å². The van der Waals surface area contributed by atoms with Gasteiger partial charge in [-0.1, -0.05) is 0 Å². The maximum Gasteiger partial charge on any atom is 0.323 e. The fourth-order valence-electron chi connectivity index (χ4n) is 2.54. The number of nitrogens with one attached hydrogen (secondary N) is 1. The van der Waals surface area contributed by atoms with Crippen LogP contribution in [0.2, 0.25) is 0 Å². The van der Waals surface area contributed by atoms with Gasteiger partial charge in [0, 0.05) is 26.3 Å². The van der Waals surface area contributed by atoms with Gasteiger partial charge >= 0.3 is 6.03 Å². The average Bonchev–Trinajstić information content (AvgIpc) is 2.71. The van der Waals surface area contributed by atoms with Gasteiger partial charge in [-0.05, 0) is 46.1 Å². The summed E-state index contributed by atoms with van der Waals surface area (Å²) in [6.45, 7) is 7.31. The summed E-state index contributed by atoms with van der Waals surface area (Å²) >= 11 is 0. The summed E-state index contributed by atoms with van der Waals surface area (Å²) in [6.07, 6.45) is 2.74. The lowest BCUT2D eigenvalue weighted by molar-refractivity contribution is -0.00492. The van der Waals surface area contributed by atoms with Gasteiger partial charge in [-0.15, -0.1) is 10.2 Å². The summed E-state index contributed by atoms with van der Waals surface area (Å²) in [5.74, 6) is 0.869. The Kier molecular flexibility index (Phi) is 5.76. The highest BCUT2D eigenvalue weighted by atomic mass is 16.5. The van der Waals surface area contributed by atoms with Gasteiger partial charge in [0.05, 0.1) is 11.7 Å². The van der Waals surface area contributed by atoms with E-state index in [1.165, 1.54) is 0 Å². The van der Waals surface area contributed by atoms with Gasteiger partial charge in [0.25, 0.3) is 0 Å². The van der Waals surface area contributed by atoms with Crippen LogP contribution in [-0.4, -0.2) is 53.0 Å². The van der Waals surface area contributed by atoms with Crippen molar-refractivity contribution in [2.75, 3.05) is 25.5 Å². The fourth-order valence-corrected chi connectivity index (χ4v) is 2.54. The lowest BCUT2D eigenvalue weighted by Crippen LogP contribution is -2.37. The molecule has 1 atom stereocenters. The van der Waals surface area contributed by atoms with Crippen molar-refractivity contribution >= 4 is 11.8 Å². The zero-order valence-electron chi connectivity index (χ0n) is 14.3. The number of likely N-dealkylation sites (tertiary alicyclic amines) is 1. The van der Waals surface area contributed by atoms with Crippen molar-refractivity contribution in [3.05, 3.63) is 12.1 Å². The Labute approximate surface area is 137 Å². The number of aromatic nitrogens is 2. The minimum absolute atomic E-state index is 0.0388. The van der Waals surface area contributed by atoms with E-state index >= 15 is 0 Å². The highest BCUT2D eigenvalue weighted by Crippen LogP contribution is 2.25. The Morgan fingerprint density at radius 2 is 2.09 bits per heavy atom. The van der Waals surface area contributed by atoms with Crippen molar-refractivity contribution < 1.29 is 14.3 Å². The Balaban J connectivity index is 1.91. The zero-order chi connectivity index (χ0) is 16.9. The first-order chi connectivity index (χ1) is 10.9. The number of hydrogen-bond acceptors (Lipinski definition) is 5. The van der Waals surface area contributed by atoms with E-state index in [4.69, 9.17) is 9.47 Å². The number of hydrogen-bond donors (Lipinski definition) is 1. The number of carbonyl (C=O) groups excluding carboxylic acids is 1. The summed E-state index contributed by atoms with van der Waals surface area (Å²) in [7, 11) is 1.73. The van der Waals surface area contributed by atoms with Gasteiger partial charge in [-0.2, -0.15) is 0 Å². The largest absolute Gasteiger partial charge is 0.474 e. The van der Waals surface area contributed by atoms with Gasteiger partial charge in [0.15, 0.2) is 5.82 Å². The monoisotopic (exact) mass is 322 g/mol. The molecule has 2 heterocycles. The van der Waals surface area contributed by atoms with Crippen molar-refractivity contribution in [3.63, 3.8) is 0 Å². The van der Waals surface area contributed by atoms with Crippen molar-refractivity contribution in [1.82, 2.24) is 15.1 Å². The molecule has 23 heavy (non-hydrogen) atoms. The SMILES string of the molecule is COC1(C)CCCN(C(=O)Nc2ccc(OC(C)C)nn2)CC1. The molecular formula is C16H26N4O3. The second-order valence-corrected chi connectivity index (χ2v) is 6.35. The maximum absolute atomic E-state index is 12.4. The van der Waals surface area contributed by atoms with E-state index in [0.29, 0.717) is 24.8 Å². The molecule has 128 valence electrons. The molecule has 0 saturated carbocycles. The molecule has 0 radical (unpaired) electrons. The summed E-state index contributed by atoms with van der Waals surface area (Å²) in [5.41, 5.74) is -0.148. The number of amides is 2. The summed E-state index contributed by atoms with van der Waals surface area (Å²) in [6, 6.07) is 3.24. The highest BCUT2D eigenvalue weighted by molar-refractivity contribution is 5.88. The Morgan fingerprint density at radius 3 is 2.70 bits per heavy atom. The molecule has 0 bridgehead atoms. The predicted molar refractivity (Wildman–Crippen MR) is 87.7 cm³/mol. The number of ether oxygens (including phenoxy) is 2. The van der Waals surface area contributed by atoms with Crippen LogP contribution in [0, 0.1) is 0 Å². The van der Waals surface area contributed by atoms with Crippen molar-refractivity contribution in [2.24, 2.45) is 0 Å². The fraction of sp³-hybridized carbons (Fsp3) is 0.688. The number of urea groups is 1. The third kappa shape index (κ3) is 5.06. The van der Waals surface area contributed by atoms with E-state index in [1.54, 1.807) is 24.1 Å². The van der Waals surface area contributed by atoms with Crippen LogP contribution in [-0.2, 0) is 4.74 Å². The molecule has 1 fully saturated rings. The molecule has 0 spiro atoms. The van der Waals surface area contributed by atoms with Crippen LogP contribution in [0.15, 0.2) is 12.1 Å². The molecule has 7 nitrogen and oxygen atoms in total. The lowest BCUT2D eigenvalue weighted by Gasteiger charge is -2.26. The van der Waals surface area contributed by atoms with Crippen molar-refractivity contribution in [2.45, 2.75) is 51.7 Å². The Hall–Kier alpha value is -1.89. The molecule has 0 aromatic carbocycles. The van der Waals surface area contributed by atoms with Crippen molar-refractivity contribution in [3.8, 4) is 5.88 Å². The molecule has 1 N–H and O–H groups in total. The number of methoxy groups -OCH3 is 1. The standard InChI is InChI=1S/C16H26N4O3/c1-12(2)23-14-7-6-13(18-19-14)17-15(21)20-10-5-8-16(3,22-4)9-11-20/h6-7,12H,5,8-11H2,1-4H3,(H,17,18,21). The molecule has 2 rings (SSSR count). The van der Waals surface area contributed by atoms with E-state index in [9.17, 15) is 4.79 Å². The first kappa shape index (κ1) is 17.5. The van der Waals surface area contributed by atoms with E-state index in [1.807, 2.05) is 13.8 Å². The normalized spacial score (nSPS) is 21.9. The minimum atomic E-state index is -0.155. The van der Waals surface area contributed by atoms with Gasteiger partial charge in [0.1, 0.15) is 0 Å². The second-order valence-electron chi connectivity index (χ2n) is 6.35. The van der Waals surface area contributed by atoms with Gasteiger partial charge in [-0.25, -0.2) is 4.79 Å². The number of carbonyl (C=O) groups is 1. The predicted octanol–water partition coefficient (Wildman–Crippen LogP) is 2.69. The van der Waals surface area contributed by atoms with Crippen LogP contribution in [0.25, 0.3) is 0 Å².